The van der Waals surface area contributed by atoms with Gasteiger partial charge in [-0.3, -0.25) is 4.90 Å². The topological polar surface area (TPSA) is 123 Å². The van der Waals surface area contributed by atoms with E-state index in [0.29, 0.717) is 29.3 Å². The first kappa shape index (κ1) is 29.5. The highest BCUT2D eigenvalue weighted by molar-refractivity contribution is 5.95. The second kappa shape index (κ2) is 12.6. The predicted molar refractivity (Wildman–Crippen MR) is 159 cm³/mol. The quantitative estimate of drug-likeness (QED) is 0.253. The molecule has 11 heteroatoms. The predicted octanol–water partition coefficient (Wildman–Crippen LogP) is 5.46. The molecule has 10 nitrogen and oxygen atoms in total. The fourth-order valence-electron chi connectivity index (χ4n) is 6.00. The van der Waals surface area contributed by atoms with Crippen LogP contribution in [0.25, 0.3) is 11.0 Å². The minimum Gasteiger partial charge on any atom is -0.494 e. The minimum atomic E-state index is -1.01. The van der Waals surface area contributed by atoms with E-state index in [1.807, 2.05) is 18.2 Å². The molecular weight excluding hydrogens is 565 g/mol. The first-order valence-electron chi connectivity index (χ1n) is 14.8. The van der Waals surface area contributed by atoms with Crippen molar-refractivity contribution in [3.63, 3.8) is 0 Å². The van der Waals surface area contributed by atoms with Crippen LogP contribution in [0.5, 0.6) is 11.6 Å². The van der Waals surface area contributed by atoms with Crippen LogP contribution in [-0.2, 0) is 17.9 Å². The molecule has 4 aromatic rings. The molecule has 0 saturated carbocycles. The van der Waals surface area contributed by atoms with Gasteiger partial charge in [0.2, 0.25) is 5.88 Å². The Bertz CT molecular complexity index is 1720. The standard InChI is InChI=1S/C33H34FN5O5/c1-20(32-37-31-28(39(32)18-25-10-13-43-25)15-24(33(40)41)16-29(31)42-2)38-11-8-22(9-12-38)27-4-3-5-30(36-27)44-19-23-7-6-21(17-35)14-26(23)34/h3-7,14-16,20,22,25H,8-13,18-19H2,1-2H3,(H,40,41)/t20-,25-/m0/s1. The normalized spacial score (nSPS) is 18.0. The number of piperidine rings is 1. The van der Waals surface area contributed by atoms with Crippen molar-refractivity contribution in [2.75, 3.05) is 26.8 Å². The molecule has 0 amide bonds. The zero-order valence-corrected chi connectivity index (χ0v) is 24.7. The van der Waals surface area contributed by atoms with Gasteiger partial charge in [0.1, 0.15) is 29.5 Å². The van der Waals surface area contributed by atoms with Gasteiger partial charge in [0.25, 0.3) is 0 Å². The van der Waals surface area contributed by atoms with E-state index in [1.165, 1.54) is 19.2 Å². The number of ether oxygens (including phenoxy) is 3. The summed E-state index contributed by atoms with van der Waals surface area (Å²) in [5.41, 5.74) is 3.11. The number of aromatic carboxylic acids is 1. The summed E-state index contributed by atoms with van der Waals surface area (Å²) in [6, 6.07) is 15.1. The van der Waals surface area contributed by atoms with Gasteiger partial charge in [-0.05, 0) is 69.6 Å². The number of nitrogens with zero attached hydrogens (tertiary/aromatic N) is 5. The molecule has 2 atom stereocenters. The van der Waals surface area contributed by atoms with E-state index in [4.69, 9.17) is 29.4 Å². The Morgan fingerprint density at radius 1 is 1.18 bits per heavy atom. The number of rotatable bonds is 10. The largest absolute Gasteiger partial charge is 0.494 e. The van der Waals surface area contributed by atoms with Gasteiger partial charge >= 0.3 is 5.97 Å². The Balaban J connectivity index is 1.16. The van der Waals surface area contributed by atoms with Crippen molar-refractivity contribution in [3.05, 3.63) is 82.6 Å². The number of likely N-dealkylation sites (tertiary alicyclic amines) is 1. The van der Waals surface area contributed by atoms with E-state index in [-0.39, 0.29) is 35.8 Å². The van der Waals surface area contributed by atoms with E-state index in [1.54, 1.807) is 24.3 Å². The lowest BCUT2D eigenvalue weighted by molar-refractivity contribution is -0.0594. The summed E-state index contributed by atoms with van der Waals surface area (Å²) < 4.78 is 33.5. The first-order chi connectivity index (χ1) is 21.3. The molecule has 0 unspecified atom stereocenters. The molecule has 2 aromatic carbocycles. The maximum atomic E-state index is 14.3. The number of hydrogen-bond donors (Lipinski definition) is 1. The molecule has 2 saturated heterocycles. The highest BCUT2D eigenvalue weighted by Crippen LogP contribution is 2.36. The number of pyridine rings is 1. The highest BCUT2D eigenvalue weighted by Gasteiger charge is 2.31. The lowest BCUT2D eigenvalue weighted by Crippen LogP contribution is -2.37. The van der Waals surface area contributed by atoms with Crippen LogP contribution < -0.4 is 9.47 Å². The Hall–Kier alpha value is -4.53. The summed E-state index contributed by atoms with van der Waals surface area (Å²) >= 11 is 0. The van der Waals surface area contributed by atoms with Crippen molar-refractivity contribution in [3.8, 4) is 17.7 Å². The number of fused-ring (bicyclic) bond motifs is 1. The molecule has 0 spiro atoms. The summed E-state index contributed by atoms with van der Waals surface area (Å²) in [6.07, 6.45) is 2.80. The molecule has 228 valence electrons. The zero-order valence-electron chi connectivity index (χ0n) is 24.7. The van der Waals surface area contributed by atoms with Crippen LogP contribution in [0.15, 0.2) is 48.5 Å². The molecule has 0 aliphatic carbocycles. The van der Waals surface area contributed by atoms with Crippen molar-refractivity contribution < 1.29 is 28.5 Å². The summed E-state index contributed by atoms with van der Waals surface area (Å²) in [6.45, 7) is 5.15. The van der Waals surface area contributed by atoms with E-state index < -0.39 is 11.8 Å². The summed E-state index contributed by atoms with van der Waals surface area (Å²) in [4.78, 5) is 24.0. The molecule has 1 N–H and O–H groups in total. The van der Waals surface area contributed by atoms with Gasteiger partial charge in [-0.1, -0.05) is 12.1 Å². The molecule has 0 radical (unpaired) electrons. The SMILES string of the molecule is COc1cc(C(=O)O)cc2c1nc([C@H](C)N1CCC(c3cccc(OCc4ccc(C#N)cc4F)n3)CC1)n2C[C@@H]1CCO1. The highest BCUT2D eigenvalue weighted by atomic mass is 19.1. The smallest absolute Gasteiger partial charge is 0.335 e. The van der Waals surface area contributed by atoms with Gasteiger partial charge in [0, 0.05) is 29.8 Å². The first-order valence-corrected chi connectivity index (χ1v) is 14.8. The molecule has 2 aromatic heterocycles. The molecule has 4 heterocycles. The lowest BCUT2D eigenvalue weighted by Gasteiger charge is -2.36. The summed E-state index contributed by atoms with van der Waals surface area (Å²) in [7, 11) is 1.53. The van der Waals surface area contributed by atoms with Crippen molar-refractivity contribution in [1.29, 1.82) is 5.26 Å². The minimum absolute atomic E-state index is 0.0219. The van der Waals surface area contributed by atoms with Crippen LogP contribution in [-0.4, -0.2) is 63.4 Å². The van der Waals surface area contributed by atoms with Gasteiger partial charge in [-0.2, -0.15) is 5.26 Å². The van der Waals surface area contributed by atoms with Crippen molar-refractivity contribution in [2.24, 2.45) is 0 Å². The van der Waals surface area contributed by atoms with E-state index in [9.17, 15) is 14.3 Å². The zero-order chi connectivity index (χ0) is 30.8. The molecule has 2 fully saturated rings. The van der Waals surface area contributed by atoms with Crippen LogP contribution >= 0.6 is 0 Å². The molecule has 6 rings (SSSR count). The van der Waals surface area contributed by atoms with Crippen molar-refractivity contribution in [1.82, 2.24) is 19.4 Å². The summed E-state index contributed by atoms with van der Waals surface area (Å²) in [5.74, 6) is 0.488. The number of benzene rings is 2. The van der Waals surface area contributed by atoms with Crippen LogP contribution in [0.2, 0.25) is 0 Å². The third kappa shape index (κ3) is 5.96. The second-order valence-corrected chi connectivity index (χ2v) is 11.3. The third-order valence-corrected chi connectivity index (χ3v) is 8.67. The van der Waals surface area contributed by atoms with E-state index >= 15 is 0 Å². The van der Waals surface area contributed by atoms with Crippen molar-refractivity contribution >= 4 is 17.0 Å². The Kier molecular flexibility index (Phi) is 8.46. The Morgan fingerprint density at radius 3 is 2.64 bits per heavy atom. The van der Waals surface area contributed by atoms with Gasteiger partial charge in [-0.25, -0.2) is 19.2 Å². The maximum Gasteiger partial charge on any atom is 0.335 e. The van der Waals surface area contributed by atoms with Gasteiger partial charge < -0.3 is 23.9 Å². The summed E-state index contributed by atoms with van der Waals surface area (Å²) in [5, 5.41) is 18.7. The number of carboxylic acid groups (broad SMARTS) is 1. The van der Waals surface area contributed by atoms with Crippen molar-refractivity contribution in [2.45, 2.75) is 57.4 Å². The third-order valence-electron chi connectivity index (χ3n) is 8.67. The number of carboxylic acids is 1. The average Bonchev–Trinajstić information content (AvgIpc) is 3.39. The van der Waals surface area contributed by atoms with E-state index in [0.717, 1.165) is 56.0 Å². The number of nitriles is 1. The van der Waals surface area contributed by atoms with Gasteiger partial charge in [0.05, 0.1) is 48.5 Å². The van der Waals surface area contributed by atoms with Crippen LogP contribution in [0.3, 0.4) is 0 Å². The fraction of sp³-hybridized carbons (Fsp3) is 0.394. The number of imidazole rings is 1. The van der Waals surface area contributed by atoms with Crippen LogP contribution in [0.4, 0.5) is 4.39 Å². The molecular formula is C33H34FN5O5. The number of aromatic nitrogens is 3. The number of methoxy groups -OCH3 is 1. The number of carbonyl (C=O) groups is 1. The molecule has 44 heavy (non-hydrogen) atoms. The fourth-order valence-corrected chi connectivity index (χ4v) is 6.00. The molecule has 0 bridgehead atoms. The molecule has 2 aliphatic heterocycles. The van der Waals surface area contributed by atoms with Gasteiger partial charge in [-0.15, -0.1) is 0 Å². The van der Waals surface area contributed by atoms with Crippen LogP contribution in [0, 0.1) is 17.1 Å². The van der Waals surface area contributed by atoms with E-state index in [2.05, 4.69) is 16.4 Å². The maximum absolute atomic E-state index is 14.3. The van der Waals surface area contributed by atoms with Gasteiger partial charge in [0.15, 0.2) is 0 Å². The Labute approximate surface area is 254 Å². The molecule has 2 aliphatic rings. The monoisotopic (exact) mass is 599 g/mol. The second-order valence-electron chi connectivity index (χ2n) is 11.3. The average molecular weight is 600 g/mol. The lowest BCUT2D eigenvalue weighted by atomic mass is 9.92. The number of hydrogen-bond acceptors (Lipinski definition) is 8. The van der Waals surface area contributed by atoms with Crippen LogP contribution in [0.1, 0.15) is 71.1 Å². The Morgan fingerprint density at radius 2 is 1.98 bits per heavy atom. The number of halogens is 1.